The van der Waals surface area contributed by atoms with E-state index < -0.39 is 10.0 Å². The van der Waals surface area contributed by atoms with E-state index in [0.717, 1.165) is 24.8 Å². The summed E-state index contributed by atoms with van der Waals surface area (Å²) in [7, 11) is -3.36. The Labute approximate surface area is 117 Å². The largest absolute Gasteiger partial charge is 0.240 e. The normalized spacial score (nSPS) is 12.6. The minimum Gasteiger partial charge on any atom is -0.211 e. The molecule has 0 aliphatic rings. The third-order valence-electron chi connectivity index (χ3n) is 3.42. The van der Waals surface area contributed by atoms with Crippen molar-refractivity contribution >= 4 is 10.0 Å². The molecule has 0 aromatic heterocycles. The third kappa shape index (κ3) is 4.32. The lowest BCUT2D eigenvalue weighted by atomic mass is 9.80. The van der Waals surface area contributed by atoms with Gasteiger partial charge in [0, 0.05) is 6.54 Å². The van der Waals surface area contributed by atoms with Gasteiger partial charge in [-0.25, -0.2) is 13.1 Å². The molecular weight excluding hydrogens is 258 g/mol. The zero-order valence-corrected chi connectivity index (χ0v) is 13.2. The molecule has 0 aliphatic carbocycles. The molecule has 0 fully saturated rings. The summed E-state index contributed by atoms with van der Waals surface area (Å²) in [5, 5.41) is 0. The first kappa shape index (κ1) is 16.2. The van der Waals surface area contributed by atoms with Crippen LogP contribution in [0, 0.1) is 0 Å². The van der Waals surface area contributed by atoms with Crippen LogP contribution >= 0.6 is 0 Å². The van der Waals surface area contributed by atoms with Crippen LogP contribution < -0.4 is 4.72 Å². The quantitative estimate of drug-likeness (QED) is 0.833. The Morgan fingerprint density at radius 1 is 1.21 bits per heavy atom. The Hall–Kier alpha value is -0.870. The first-order valence-corrected chi connectivity index (χ1v) is 8.42. The van der Waals surface area contributed by atoms with E-state index in [-0.39, 0.29) is 5.41 Å². The lowest BCUT2D eigenvalue weighted by molar-refractivity contribution is 0.457. The highest BCUT2D eigenvalue weighted by Gasteiger charge is 2.22. The molecule has 0 atom stereocenters. The SMILES string of the molecule is CCCCC(C)(C)c1cccc(S(=O)(=O)NCC)c1. The van der Waals surface area contributed by atoms with Crippen LogP contribution in [0.15, 0.2) is 29.2 Å². The van der Waals surface area contributed by atoms with Gasteiger partial charge >= 0.3 is 0 Å². The van der Waals surface area contributed by atoms with E-state index in [9.17, 15) is 8.42 Å². The van der Waals surface area contributed by atoms with Gasteiger partial charge in [0.05, 0.1) is 4.90 Å². The zero-order valence-electron chi connectivity index (χ0n) is 12.4. The van der Waals surface area contributed by atoms with Crippen LogP contribution in [-0.2, 0) is 15.4 Å². The standard InChI is InChI=1S/C15H25NO2S/c1-5-7-11-15(3,4)13-9-8-10-14(12-13)19(17,18)16-6-2/h8-10,12,16H,5-7,11H2,1-4H3. The number of unbranched alkanes of at least 4 members (excludes halogenated alkanes) is 1. The molecule has 1 aromatic rings. The summed E-state index contributed by atoms with van der Waals surface area (Å²) in [4.78, 5) is 0.358. The molecule has 0 radical (unpaired) electrons. The van der Waals surface area contributed by atoms with E-state index in [0.29, 0.717) is 11.4 Å². The molecule has 0 amide bonds. The lowest BCUT2D eigenvalue weighted by Gasteiger charge is -2.25. The van der Waals surface area contributed by atoms with Crippen LogP contribution in [0.4, 0.5) is 0 Å². The second-order valence-electron chi connectivity index (χ2n) is 5.52. The highest BCUT2D eigenvalue weighted by molar-refractivity contribution is 7.89. The summed E-state index contributed by atoms with van der Waals surface area (Å²) in [6, 6.07) is 7.29. The van der Waals surface area contributed by atoms with Crippen molar-refractivity contribution in [3.63, 3.8) is 0 Å². The number of sulfonamides is 1. The second-order valence-corrected chi connectivity index (χ2v) is 7.28. The molecule has 0 saturated carbocycles. The molecule has 1 N–H and O–H groups in total. The van der Waals surface area contributed by atoms with E-state index in [1.165, 1.54) is 0 Å². The Balaban J connectivity index is 3.07. The molecule has 1 rings (SSSR count). The highest BCUT2D eigenvalue weighted by Crippen LogP contribution is 2.30. The summed E-state index contributed by atoms with van der Waals surface area (Å²) >= 11 is 0. The Morgan fingerprint density at radius 3 is 2.47 bits per heavy atom. The van der Waals surface area contributed by atoms with Gasteiger partial charge in [-0.05, 0) is 29.5 Å². The van der Waals surface area contributed by atoms with E-state index in [2.05, 4.69) is 25.5 Å². The van der Waals surface area contributed by atoms with Gasteiger partial charge < -0.3 is 0 Å². The molecule has 0 aliphatic heterocycles. The summed E-state index contributed by atoms with van der Waals surface area (Å²) in [5.41, 5.74) is 1.09. The molecule has 0 heterocycles. The van der Waals surface area contributed by atoms with Gasteiger partial charge in [0.15, 0.2) is 0 Å². The minimum absolute atomic E-state index is 0.00769. The van der Waals surface area contributed by atoms with Crippen molar-refractivity contribution in [2.75, 3.05) is 6.54 Å². The van der Waals surface area contributed by atoms with Crippen molar-refractivity contribution in [2.24, 2.45) is 0 Å². The average Bonchev–Trinajstić information content (AvgIpc) is 2.36. The molecule has 1 aromatic carbocycles. The Kier molecular flexibility index (Phi) is 5.56. The van der Waals surface area contributed by atoms with Crippen LogP contribution in [0.25, 0.3) is 0 Å². The van der Waals surface area contributed by atoms with E-state index >= 15 is 0 Å². The monoisotopic (exact) mass is 283 g/mol. The van der Waals surface area contributed by atoms with Gasteiger partial charge in [-0.3, -0.25) is 0 Å². The summed E-state index contributed by atoms with van der Waals surface area (Å²) in [5.74, 6) is 0. The van der Waals surface area contributed by atoms with Crippen molar-refractivity contribution in [2.45, 2.75) is 57.3 Å². The third-order valence-corrected chi connectivity index (χ3v) is 4.96. The van der Waals surface area contributed by atoms with Gasteiger partial charge in [0.2, 0.25) is 10.0 Å². The van der Waals surface area contributed by atoms with Crippen molar-refractivity contribution in [3.8, 4) is 0 Å². The number of hydrogen-bond donors (Lipinski definition) is 1. The maximum absolute atomic E-state index is 12.0. The van der Waals surface area contributed by atoms with Crippen molar-refractivity contribution in [1.82, 2.24) is 4.72 Å². The fourth-order valence-electron chi connectivity index (χ4n) is 2.12. The topological polar surface area (TPSA) is 46.2 Å². The molecule has 0 saturated heterocycles. The lowest BCUT2D eigenvalue weighted by Crippen LogP contribution is -2.24. The Bertz CT molecular complexity index is 507. The summed E-state index contributed by atoms with van der Waals surface area (Å²) < 4.78 is 26.6. The number of rotatable bonds is 7. The van der Waals surface area contributed by atoms with Crippen LogP contribution in [0.2, 0.25) is 0 Å². The van der Waals surface area contributed by atoms with Gasteiger partial charge in [-0.15, -0.1) is 0 Å². The average molecular weight is 283 g/mol. The summed E-state index contributed by atoms with van der Waals surface area (Å²) in [6.07, 6.45) is 3.37. The second kappa shape index (κ2) is 6.53. The van der Waals surface area contributed by atoms with E-state index in [1.54, 1.807) is 19.1 Å². The van der Waals surface area contributed by atoms with Crippen molar-refractivity contribution in [3.05, 3.63) is 29.8 Å². The summed E-state index contributed by atoms with van der Waals surface area (Å²) in [6.45, 7) is 8.70. The van der Waals surface area contributed by atoms with Crippen LogP contribution in [0.1, 0.15) is 52.5 Å². The minimum atomic E-state index is -3.36. The van der Waals surface area contributed by atoms with Gasteiger partial charge in [0.1, 0.15) is 0 Å². The fraction of sp³-hybridized carbons (Fsp3) is 0.600. The highest BCUT2D eigenvalue weighted by atomic mass is 32.2. The van der Waals surface area contributed by atoms with Crippen molar-refractivity contribution in [1.29, 1.82) is 0 Å². The fourth-order valence-corrected chi connectivity index (χ4v) is 3.21. The van der Waals surface area contributed by atoms with E-state index in [4.69, 9.17) is 0 Å². The first-order chi connectivity index (χ1) is 8.83. The van der Waals surface area contributed by atoms with Crippen molar-refractivity contribution < 1.29 is 8.42 Å². The maximum atomic E-state index is 12.0. The molecule has 0 spiro atoms. The predicted octanol–water partition coefficient (Wildman–Crippen LogP) is 3.45. The molecule has 0 bridgehead atoms. The number of nitrogens with one attached hydrogen (secondary N) is 1. The predicted molar refractivity (Wildman–Crippen MR) is 79.9 cm³/mol. The molecule has 19 heavy (non-hydrogen) atoms. The van der Waals surface area contributed by atoms with Gasteiger partial charge in [-0.2, -0.15) is 0 Å². The molecule has 0 unspecified atom stereocenters. The smallest absolute Gasteiger partial charge is 0.211 e. The number of hydrogen-bond acceptors (Lipinski definition) is 2. The molecule has 3 nitrogen and oxygen atoms in total. The van der Waals surface area contributed by atoms with Gasteiger partial charge in [0.25, 0.3) is 0 Å². The number of benzene rings is 1. The zero-order chi connectivity index (χ0) is 14.5. The van der Waals surface area contributed by atoms with Gasteiger partial charge in [-0.1, -0.05) is 52.7 Å². The maximum Gasteiger partial charge on any atom is 0.240 e. The van der Waals surface area contributed by atoms with Crippen LogP contribution in [-0.4, -0.2) is 15.0 Å². The van der Waals surface area contributed by atoms with Crippen LogP contribution in [0.3, 0.4) is 0 Å². The molecule has 108 valence electrons. The molecule has 4 heteroatoms. The Morgan fingerprint density at radius 2 is 1.89 bits per heavy atom. The van der Waals surface area contributed by atoms with E-state index in [1.807, 2.05) is 12.1 Å². The van der Waals surface area contributed by atoms with Crippen LogP contribution in [0.5, 0.6) is 0 Å². The first-order valence-electron chi connectivity index (χ1n) is 6.93. The molecular formula is C15H25NO2S.